The lowest BCUT2D eigenvalue weighted by atomic mass is 10.0. The van der Waals surface area contributed by atoms with Crippen LogP contribution in [0.4, 0.5) is 0 Å². The smallest absolute Gasteiger partial charge is 0.264 e. The fraction of sp³-hybridized carbons (Fsp3) is 0.588. The standard InChI is InChI=1S/C17H24N4O2S/c1-5-23-15-13-11(2)14(24-16(13)19-10-18-15)17(22)21(4)12-6-8-20(3)9-7-12/h10,12H,5-9H2,1-4H3. The summed E-state index contributed by atoms with van der Waals surface area (Å²) in [6.07, 6.45) is 3.54. The molecule has 0 saturated carbocycles. The number of carbonyl (C=O) groups excluding carboxylic acids is 1. The van der Waals surface area contributed by atoms with E-state index in [4.69, 9.17) is 4.74 Å². The normalized spacial score (nSPS) is 16.5. The third kappa shape index (κ3) is 3.10. The molecular weight excluding hydrogens is 324 g/mol. The molecule has 0 aromatic carbocycles. The van der Waals surface area contributed by atoms with Gasteiger partial charge in [-0.15, -0.1) is 11.3 Å². The largest absolute Gasteiger partial charge is 0.477 e. The third-order valence-electron chi connectivity index (χ3n) is 4.72. The average Bonchev–Trinajstić information content (AvgIpc) is 2.92. The van der Waals surface area contributed by atoms with Crippen LogP contribution in [0.5, 0.6) is 5.88 Å². The van der Waals surface area contributed by atoms with Crippen LogP contribution < -0.4 is 4.74 Å². The van der Waals surface area contributed by atoms with Gasteiger partial charge in [-0.25, -0.2) is 9.97 Å². The lowest BCUT2D eigenvalue weighted by Crippen LogP contribution is -2.44. The van der Waals surface area contributed by atoms with Gasteiger partial charge in [0.15, 0.2) is 0 Å². The van der Waals surface area contributed by atoms with Crippen LogP contribution in [0.1, 0.15) is 35.0 Å². The topological polar surface area (TPSA) is 58.6 Å². The molecule has 24 heavy (non-hydrogen) atoms. The molecule has 3 rings (SSSR count). The molecule has 7 heteroatoms. The molecule has 0 bridgehead atoms. The predicted octanol–water partition coefficient (Wildman–Crippen LogP) is 2.56. The minimum Gasteiger partial charge on any atom is -0.477 e. The van der Waals surface area contributed by atoms with Gasteiger partial charge >= 0.3 is 0 Å². The Bertz CT molecular complexity index is 738. The summed E-state index contributed by atoms with van der Waals surface area (Å²) in [5.41, 5.74) is 0.920. The average molecular weight is 348 g/mol. The van der Waals surface area contributed by atoms with E-state index in [2.05, 4.69) is 21.9 Å². The van der Waals surface area contributed by atoms with Crippen molar-refractivity contribution in [2.75, 3.05) is 33.8 Å². The Morgan fingerprint density at radius 2 is 2.12 bits per heavy atom. The number of likely N-dealkylation sites (tertiary alicyclic amines) is 1. The summed E-state index contributed by atoms with van der Waals surface area (Å²) < 4.78 is 5.61. The zero-order valence-electron chi connectivity index (χ0n) is 14.7. The van der Waals surface area contributed by atoms with Crippen LogP contribution in [0.3, 0.4) is 0 Å². The van der Waals surface area contributed by atoms with Crippen molar-refractivity contribution < 1.29 is 9.53 Å². The van der Waals surface area contributed by atoms with E-state index in [1.54, 1.807) is 0 Å². The number of hydrogen-bond acceptors (Lipinski definition) is 6. The Hall–Kier alpha value is -1.73. The zero-order chi connectivity index (χ0) is 17.3. The van der Waals surface area contributed by atoms with Crippen LogP contribution in [-0.4, -0.2) is 65.5 Å². The van der Waals surface area contributed by atoms with Gasteiger partial charge in [-0.2, -0.15) is 0 Å². The molecule has 130 valence electrons. The highest BCUT2D eigenvalue weighted by molar-refractivity contribution is 7.20. The van der Waals surface area contributed by atoms with E-state index in [1.165, 1.54) is 17.7 Å². The summed E-state index contributed by atoms with van der Waals surface area (Å²) in [5, 5.41) is 0.865. The number of amides is 1. The predicted molar refractivity (Wildman–Crippen MR) is 95.9 cm³/mol. The molecule has 0 radical (unpaired) electrons. The van der Waals surface area contributed by atoms with Crippen molar-refractivity contribution in [2.24, 2.45) is 0 Å². The van der Waals surface area contributed by atoms with Crippen molar-refractivity contribution in [1.82, 2.24) is 19.8 Å². The highest BCUT2D eigenvalue weighted by Crippen LogP contribution is 2.35. The first-order valence-corrected chi connectivity index (χ1v) is 9.17. The van der Waals surface area contributed by atoms with Gasteiger partial charge in [0.25, 0.3) is 5.91 Å². The van der Waals surface area contributed by atoms with E-state index in [0.717, 1.165) is 46.6 Å². The van der Waals surface area contributed by atoms with Crippen molar-refractivity contribution in [3.8, 4) is 5.88 Å². The van der Waals surface area contributed by atoms with Gasteiger partial charge < -0.3 is 14.5 Å². The van der Waals surface area contributed by atoms with Crippen molar-refractivity contribution in [3.63, 3.8) is 0 Å². The Morgan fingerprint density at radius 1 is 1.42 bits per heavy atom. The molecule has 1 aliphatic heterocycles. The number of rotatable bonds is 4. The molecule has 0 unspecified atom stereocenters. The van der Waals surface area contributed by atoms with E-state index in [0.29, 0.717) is 18.5 Å². The summed E-state index contributed by atoms with van der Waals surface area (Å²) in [5.74, 6) is 0.643. The van der Waals surface area contributed by atoms with Gasteiger partial charge in [-0.1, -0.05) is 0 Å². The molecule has 6 nitrogen and oxygen atoms in total. The van der Waals surface area contributed by atoms with Crippen LogP contribution in [0, 0.1) is 6.92 Å². The van der Waals surface area contributed by atoms with Crippen LogP contribution in [0.2, 0.25) is 0 Å². The number of carbonyl (C=O) groups is 1. The Kier molecular flexibility index (Phi) is 5.01. The summed E-state index contributed by atoms with van der Waals surface area (Å²) in [6.45, 7) is 6.50. The van der Waals surface area contributed by atoms with Crippen LogP contribution in [-0.2, 0) is 0 Å². The second kappa shape index (κ2) is 7.03. The molecule has 1 fully saturated rings. The Morgan fingerprint density at radius 3 is 2.79 bits per heavy atom. The molecule has 1 saturated heterocycles. The summed E-state index contributed by atoms with van der Waals surface area (Å²) >= 11 is 1.43. The van der Waals surface area contributed by atoms with Gasteiger partial charge in [0.05, 0.1) is 16.9 Å². The molecule has 1 amide bonds. The highest BCUT2D eigenvalue weighted by Gasteiger charge is 2.28. The van der Waals surface area contributed by atoms with Crippen LogP contribution in [0.25, 0.3) is 10.2 Å². The van der Waals surface area contributed by atoms with Gasteiger partial charge in [0.2, 0.25) is 5.88 Å². The first-order chi connectivity index (χ1) is 11.5. The monoisotopic (exact) mass is 348 g/mol. The molecule has 0 N–H and O–H groups in total. The maximum atomic E-state index is 13.0. The summed E-state index contributed by atoms with van der Waals surface area (Å²) in [7, 11) is 4.04. The molecule has 2 aromatic rings. The minimum atomic E-state index is 0.0764. The first kappa shape index (κ1) is 17.1. The number of ether oxygens (including phenoxy) is 1. The number of aryl methyl sites for hydroxylation is 1. The van der Waals surface area contributed by atoms with Gasteiger partial charge in [-0.05, 0) is 52.4 Å². The Balaban J connectivity index is 1.90. The quantitative estimate of drug-likeness (QED) is 0.850. The molecule has 0 aliphatic carbocycles. The van der Waals surface area contributed by atoms with Gasteiger partial charge in [-0.3, -0.25) is 4.79 Å². The van der Waals surface area contributed by atoms with E-state index in [-0.39, 0.29) is 5.91 Å². The maximum absolute atomic E-state index is 13.0. The lowest BCUT2D eigenvalue weighted by molar-refractivity contribution is 0.0664. The van der Waals surface area contributed by atoms with Crippen molar-refractivity contribution in [3.05, 3.63) is 16.8 Å². The molecule has 2 aromatic heterocycles. The number of hydrogen-bond donors (Lipinski definition) is 0. The van der Waals surface area contributed by atoms with E-state index in [9.17, 15) is 4.79 Å². The SMILES string of the molecule is CCOc1ncnc2sc(C(=O)N(C)C3CCN(C)CC3)c(C)c12. The van der Waals surface area contributed by atoms with Crippen LogP contribution in [0.15, 0.2) is 6.33 Å². The molecule has 0 atom stereocenters. The van der Waals surface area contributed by atoms with Crippen LogP contribution >= 0.6 is 11.3 Å². The van der Waals surface area contributed by atoms with Crippen molar-refractivity contribution in [1.29, 1.82) is 0 Å². The van der Waals surface area contributed by atoms with E-state index in [1.807, 2.05) is 25.8 Å². The fourth-order valence-electron chi connectivity index (χ4n) is 3.20. The molecule has 0 spiro atoms. The van der Waals surface area contributed by atoms with E-state index < -0.39 is 0 Å². The first-order valence-electron chi connectivity index (χ1n) is 8.35. The second-order valence-electron chi connectivity index (χ2n) is 6.30. The maximum Gasteiger partial charge on any atom is 0.264 e. The summed E-state index contributed by atoms with van der Waals surface area (Å²) in [6, 6.07) is 0.302. The van der Waals surface area contributed by atoms with Crippen molar-refractivity contribution >= 4 is 27.5 Å². The van der Waals surface area contributed by atoms with Crippen molar-refractivity contribution in [2.45, 2.75) is 32.7 Å². The Labute approximate surface area is 146 Å². The number of nitrogens with zero attached hydrogens (tertiary/aromatic N) is 4. The lowest BCUT2D eigenvalue weighted by Gasteiger charge is -2.35. The number of piperidine rings is 1. The zero-order valence-corrected chi connectivity index (χ0v) is 15.5. The minimum absolute atomic E-state index is 0.0764. The number of thiophene rings is 1. The van der Waals surface area contributed by atoms with Gasteiger partial charge in [0.1, 0.15) is 11.2 Å². The fourth-order valence-corrected chi connectivity index (χ4v) is 4.32. The third-order valence-corrected chi connectivity index (χ3v) is 5.91. The molecular formula is C17H24N4O2S. The second-order valence-corrected chi connectivity index (χ2v) is 7.30. The van der Waals surface area contributed by atoms with Gasteiger partial charge in [0, 0.05) is 13.1 Å². The number of fused-ring (bicyclic) bond motifs is 1. The highest BCUT2D eigenvalue weighted by atomic mass is 32.1. The number of aromatic nitrogens is 2. The van der Waals surface area contributed by atoms with E-state index >= 15 is 0 Å². The molecule has 1 aliphatic rings. The summed E-state index contributed by atoms with van der Waals surface area (Å²) in [4.78, 5) is 27.3. The molecule has 3 heterocycles.